The lowest BCUT2D eigenvalue weighted by Crippen LogP contribution is -2.36. The summed E-state index contributed by atoms with van der Waals surface area (Å²) in [7, 11) is 0. The highest BCUT2D eigenvalue weighted by molar-refractivity contribution is 6.31. The molecule has 0 spiro atoms. The maximum Gasteiger partial charge on any atom is 0.189 e. The highest BCUT2D eigenvalue weighted by atomic mass is 35.5. The summed E-state index contributed by atoms with van der Waals surface area (Å²) in [6, 6.07) is 7.86. The number of hydrogen-bond acceptors (Lipinski definition) is 3. The van der Waals surface area contributed by atoms with Gasteiger partial charge in [0.05, 0.1) is 6.04 Å². The van der Waals surface area contributed by atoms with Crippen molar-refractivity contribution in [1.82, 2.24) is 5.32 Å². The van der Waals surface area contributed by atoms with Crippen molar-refractivity contribution in [3.8, 4) is 0 Å². The Morgan fingerprint density at radius 2 is 2.21 bits per heavy atom. The zero-order valence-electron chi connectivity index (χ0n) is 7.70. The van der Waals surface area contributed by atoms with Crippen LogP contribution in [-0.4, -0.2) is 12.5 Å². The van der Waals surface area contributed by atoms with Crippen molar-refractivity contribution >= 4 is 17.6 Å². The third-order valence-corrected chi connectivity index (χ3v) is 2.63. The molecule has 3 nitrogen and oxygen atoms in total. The topological polar surface area (TPSA) is 50.4 Å². The van der Waals surface area contributed by atoms with E-state index < -0.39 is 0 Å². The molecule has 2 rings (SSSR count). The minimum atomic E-state index is 0.102. The van der Waals surface area contributed by atoms with Crippen molar-refractivity contribution in [3.63, 3.8) is 0 Å². The second-order valence-electron chi connectivity index (χ2n) is 3.27. The van der Waals surface area contributed by atoms with Crippen molar-refractivity contribution in [1.29, 1.82) is 0 Å². The molecule has 74 valence electrons. The number of rotatable bonds is 1. The van der Waals surface area contributed by atoms with Crippen molar-refractivity contribution in [2.75, 3.05) is 6.54 Å². The molecule has 0 aliphatic carbocycles. The summed E-state index contributed by atoms with van der Waals surface area (Å²) in [5, 5.41) is 3.75. The van der Waals surface area contributed by atoms with Gasteiger partial charge in [-0.15, -0.1) is 0 Å². The molecule has 4 heteroatoms. The molecule has 14 heavy (non-hydrogen) atoms. The Morgan fingerprint density at radius 3 is 2.93 bits per heavy atom. The molecule has 1 unspecified atom stereocenters. The van der Waals surface area contributed by atoms with E-state index in [4.69, 9.17) is 17.3 Å². The number of halogens is 1. The molecule has 0 fully saturated rings. The van der Waals surface area contributed by atoms with Crippen LogP contribution < -0.4 is 11.1 Å². The number of hydrogen-bond donors (Lipinski definition) is 2. The normalized spacial score (nSPS) is 21.2. The van der Waals surface area contributed by atoms with Crippen molar-refractivity contribution in [2.24, 2.45) is 10.7 Å². The summed E-state index contributed by atoms with van der Waals surface area (Å²) in [6.45, 7) is 0.852. The van der Waals surface area contributed by atoms with E-state index in [1.165, 1.54) is 0 Å². The van der Waals surface area contributed by atoms with Crippen molar-refractivity contribution in [2.45, 2.75) is 12.5 Å². The SMILES string of the molecule is NC1=NC(c2ccccc2Cl)CCN1. The van der Waals surface area contributed by atoms with Gasteiger partial charge < -0.3 is 11.1 Å². The Balaban J connectivity index is 2.31. The molecule has 1 aliphatic heterocycles. The lowest BCUT2D eigenvalue weighted by molar-refractivity contribution is 0.601. The molecular weight excluding hydrogens is 198 g/mol. The zero-order chi connectivity index (χ0) is 9.97. The molecule has 0 saturated carbocycles. The second-order valence-corrected chi connectivity index (χ2v) is 3.67. The van der Waals surface area contributed by atoms with Crippen LogP contribution in [0.5, 0.6) is 0 Å². The van der Waals surface area contributed by atoms with Crippen LogP contribution in [0.3, 0.4) is 0 Å². The van der Waals surface area contributed by atoms with E-state index in [0.29, 0.717) is 5.96 Å². The van der Waals surface area contributed by atoms with Crippen LogP contribution in [0.4, 0.5) is 0 Å². The lowest BCUT2D eigenvalue weighted by Gasteiger charge is -2.20. The average molecular weight is 210 g/mol. The van der Waals surface area contributed by atoms with Gasteiger partial charge in [-0.2, -0.15) is 0 Å². The maximum atomic E-state index is 6.07. The molecular formula is C10H12ClN3. The molecule has 3 N–H and O–H groups in total. The molecule has 0 aromatic heterocycles. The highest BCUT2D eigenvalue weighted by Gasteiger charge is 2.16. The minimum absolute atomic E-state index is 0.102. The largest absolute Gasteiger partial charge is 0.370 e. The number of benzene rings is 1. The first kappa shape index (κ1) is 9.34. The van der Waals surface area contributed by atoms with E-state index in [-0.39, 0.29) is 6.04 Å². The van der Waals surface area contributed by atoms with Gasteiger partial charge in [0.15, 0.2) is 5.96 Å². The summed E-state index contributed by atoms with van der Waals surface area (Å²) in [5.41, 5.74) is 6.66. The molecule has 0 amide bonds. The summed E-state index contributed by atoms with van der Waals surface area (Å²) >= 11 is 6.07. The molecule has 0 saturated heterocycles. The molecule has 0 radical (unpaired) electrons. The first-order valence-corrected chi connectivity index (χ1v) is 4.97. The molecule has 1 aromatic carbocycles. The number of nitrogens with one attached hydrogen (secondary N) is 1. The van der Waals surface area contributed by atoms with Crippen molar-refractivity contribution < 1.29 is 0 Å². The highest BCUT2D eigenvalue weighted by Crippen LogP contribution is 2.28. The summed E-state index contributed by atoms with van der Waals surface area (Å²) in [6.07, 6.45) is 0.935. The van der Waals surface area contributed by atoms with Gasteiger partial charge in [-0.1, -0.05) is 29.8 Å². The van der Waals surface area contributed by atoms with E-state index in [0.717, 1.165) is 23.6 Å². The van der Waals surface area contributed by atoms with Gasteiger partial charge in [0, 0.05) is 11.6 Å². The van der Waals surface area contributed by atoms with Gasteiger partial charge in [0.25, 0.3) is 0 Å². The smallest absolute Gasteiger partial charge is 0.189 e. The molecule has 1 heterocycles. The fourth-order valence-electron chi connectivity index (χ4n) is 1.59. The second kappa shape index (κ2) is 3.88. The van der Waals surface area contributed by atoms with Crippen molar-refractivity contribution in [3.05, 3.63) is 34.9 Å². The first-order chi connectivity index (χ1) is 6.77. The number of guanidine groups is 1. The lowest BCUT2D eigenvalue weighted by atomic mass is 10.0. The van der Waals surface area contributed by atoms with E-state index in [9.17, 15) is 0 Å². The Morgan fingerprint density at radius 1 is 1.43 bits per heavy atom. The van der Waals surface area contributed by atoms with Gasteiger partial charge in [0.1, 0.15) is 0 Å². The number of aliphatic imine (C=N–C) groups is 1. The fraction of sp³-hybridized carbons (Fsp3) is 0.300. The number of nitrogens with zero attached hydrogens (tertiary/aromatic N) is 1. The Labute approximate surface area is 88.0 Å². The molecule has 1 aromatic rings. The third-order valence-electron chi connectivity index (χ3n) is 2.28. The standard InChI is InChI=1S/C10H12ClN3/c11-8-4-2-1-3-7(8)9-5-6-13-10(12)14-9/h1-4,9H,5-6H2,(H3,12,13,14). The van der Waals surface area contributed by atoms with Crippen LogP contribution >= 0.6 is 11.6 Å². The molecule has 0 bridgehead atoms. The van der Waals surface area contributed by atoms with Gasteiger partial charge in [0.2, 0.25) is 0 Å². The van der Waals surface area contributed by atoms with Crippen LogP contribution in [0.2, 0.25) is 5.02 Å². The van der Waals surface area contributed by atoms with E-state index >= 15 is 0 Å². The third kappa shape index (κ3) is 1.82. The van der Waals surface area contributed by atoms with Gasteiger partial charge in [-0.3, -0.25) is 0 Å². The predicted octanol–water partition coefficient (Wildman–Crippen LogP) is 1.69. The quantitative estimate of drug-likeness (QED) is 0.740. The fourth-order valence-corrected chi connectivity index (χ4v) is 1.85. The summed E-state index contributed by atoms with van der Waals surface area (Å²) in [4.78, 5) is 4.31. The van der Waals surface area contributed by atoms with Gasteiger partial charge in [-0.25, -0.2) is 4.99 Å². The minimum Gasteiger partial charge on any atom is -0.370 e. The zero-order valence-corrected chi connectivity index (χ0v) is 8.46. The monoisotopic (exact) mass is 209 g/mol. The van der Waals surface area contributed by atoms with E-state index in [1.807, 2.05) is 24.3 Å². The Bertz CT molecular complexity index is 362. The first-order valence-electron chi connectivity index (χ1n) is 4.59. The summed E-state index contributed by atoms with van der Waals surface area (Å²) < 4.78 is 0. The molecule has 1 aliphatic rings. The van der Waals surface area contributed by atoms with Crippen LogP contribution in [0.15, 0.2) is 29.3 Å². The Kier molecular flexibility index (Phi) is 2.59. The van der Waals surface area contributed by atoms with Gasteiger partial charge in [-0.05, 0) is 18.1 Å². The van der Waals surface area contributed by atoms with Crippen LogP contribution in [0.1, 0.15) is 18.0 Å². The van der Waals surface area contributed by atoms with Crippen LogP contribution in [-0.2, 0) is 0 Å². The Hall–Kier alpha value is -1.22. The van der Waals surface area contributed by atoms with E-state index in [1.54, 1.807) is 0 Å². The number of nitrogens with two attached hydrogens (primary N) is 1. The van der Waals surface area contributed by atoms with Crippen LogP contribution in [0.25, 0.3) is 0 Å². The summed E-state index contributed by atoms with van der Waals surface area (Å²) in [5.74, 6) is 0.501. The van der Waals surface area contributed by atoms with E-state index in [2.05, 4.69) is 10.3 Å². The maximum absolute atomic E-state index is 6.07. The van der Waals surface area contributed by atoms with Crippen LogP contribution in [0, 0.1) is 0 Å². The predicted molar refractivity (Wildman–Crippen MR) is 58.4 cm³/mol. The molecule has 1 atom stereocenters. The van der Waals surface area contributed by atoms with Gasteiger partial charge >= 0.3 is 0 Å². The average Bonchev–Trinajstić information content (AvgIpc) is 2.18.